The van der Waals surface area contributed by atoms with Crippen molar-refractivity contribution in [1.29, 1.82) is 0 Å². The van der Waals surface area contributed by atoms with Gasteiger partial charge in [-0.1, -0.05) is 19.3 Å². The molecule has 0 amide bonds. The van der Waals surface area contributed by atoms with Gasteiger partial charge in [0.2, 0.25) is 0 Å². The zero-order valence-corrected chi connectivity index (χ0v) is 12.9. The fourth-order valence-corrected chi connectivity index (χ4v) is 4.61. The summed E-state index contributed by atoms with van der Waals surface area (Å²) in [6.07, 6.45) is 13.4. The van der Waals surface area contributed by atoms with Crippen molar-refractivity contribution in [1.82, 2.24) is 4.90 Å². The third kappa shape index (κ3) is 3.55. The van der Waals surface area contributed by atoms with Crippen LogP contribution in [0.25, 0.3) is 0 Å². The Bertz CT molecular complexity index is 299. The Labute approximate surface area is 123 Å². The van der Waals surface area contributed by atoms with Crippen LogP contribution in [0.4, 0.5) is 0 Å². The summed E-state index contributed by atoms with van der Waals surface area (Å²) in [6, 6.07) is 0. The van der Waals surface area contributed by atoms with Crippen LogP contribution < -0.4 is 0 Å². The van der Waals surface area contributed by atoms with Crippen LogP contribution in [0.1, 0.15) is 64.2 Å². The predicted molar refractivity (Wildman–Crippen MR) is 80.8 cm³/mol. The van der Waals surface area contributed by atoms with Crippen molar-refractivity contribution in [3.8, 4) is 0 Å². The van der Waals surface area contributed by atoms with Gasteiger partial charge in [-0.25, -0.2) is 0 Å². The quantitative estimate of drug-likeness (QED) is 0.860. The van der Waals surface area contributed by atoms with Crippen LogP contribution in [0.2, 0.25) is 0 Å². The summed E-state index contributed by atoms with van der Waals surface area (Å²) in [5.74, 6) is 0.707. The topological polar surface area (TPSA) is 32.7 Å². The van der Waals surface area contributed by atoms with Crippen molar-refractivity contribution in [3.05, 3.63) is 0 Å². The molecule has 116 valence electrons. The van der Waals surface area contributed by atoms with Crippen LogP contribution in [0.3, 0.4) is 0 Å². The maximum atomic E-state index is 9.11. The molecule has 2 saturated heterocycles. The monoisotopic (exact) mass is 281 g/mol. The minimum atomic E-state index is 0.267. The first kappa shape index (κ1) is 14.8. The summed E-state index contributed by atoms with van der Waals surface area (Å²) in [5, 5.41) is 9.11. The standard InChI is InChI=1S/C17H31NO2/c19-12-7-15-5-4-11-18(13-15)14-16-6-10-17(20-16)8-2-1-3-9-17/h15-16,19H,1-14H2. The molecular formula is C17H31NO2. The highest BCUT2D eigenvalue weighted by Gasteiger charge is 2.41. The Balaban J connectivity index is 1.46. The van der Waals surface area contributed by atoms with Gasteiger partial charge in [-0.3, -0.25) is 0 Å². The first-order valence-electron chi connectivity index (χ1n) is 8.81. The van der Waals surface area contributed by atoms with E-state index in [0.717, 1.165) is 13.0 Å². The highest BCUT2D eigenvalue weighted by molar-refractivity contribution is 4.92. The zero-order valence-electron chi connectivity index (χ0n) is 12.9. The molecule has 20 heavy (non-hydrogen) atoms. The highest BCUT2D eigenvalue weighted by atomic mass is 16.5. The molecule has 3 fully saturated rings. The molecule has 0 aromatic rings. The van der Waals surface area contributed by atoms with Crippen LogP contribution in [0, 0.1) is 5.92 Å². The first-order chi connectivity index (χ1) is 9.80. The van der Waals surface area contributed by atoms with Crippen molar-refractivity contribution in [2.45, 2.75) is 75.9 Å². The lowest BCUT2D eigenvalue weighted by atomic mass is 9.83. The van der Waals surface area contributed by atoms with Crippen LogP contribution in [-0.4, -0.2) is 48.0 Å². The average molecular weight is 281 g/mol. The third-order valence-electron chi connectivity index (χ3n) is 5.71. The number of likely N-dealkylation sites (tertiary alicyclic amines) is 1. The molecule has 0 aromatic carbocycles. The van der Waals surface area contributed by atoms with E-state index in [1.165, 1.54) is 70.9 Å². The van der Waals surface area contributed by atoms with Gasteiger partial charge in [0, 0.05) is 19.7 Å². The minimum Gasteiger partial charge on any atom is -0.396 e. The van der Waals surface area contributed by atoms with E-state index in [1.54, 1.807) is 0 Å². The van der Waals surface area contributed by atoms with Gasteiger partial charge in [0.25, 0.3) is 0 Å². The number of rotatable bonds is 4. The Morgan fingerprint density at radius 2 is 1.90 bits per heavy atom. The van der Waals surface area contributed by atoms with Crippen molar-refractivity contribution >= 4 is 0 Å². The highest BCUT2D eigenvalue weighted by Crippen LogP contribution is 2.42. The summed E-state index contributed by atoms with van der Waals surface area (Å²) in [7, 11) is 0. The molecule has 2 unspecified atom stereocenters. The molecule has 0 bridgehead atoms. The number of piperidine rings is 1. The molecule has 1 aliphatic carbocycles. The summed E-state index contributed by atoms with van der Waals surface area (Å²) in [6.45, 7) is 3.88. The Hall–Kier alpha value is -0.120. The Morgan fingerprint density at radius 3 is 2.70 bits per heavy atom. The summed E-state index contributed by atoms with van der Waals surface area (Å²) in [4.78, 5) is 2.59. The largest absolute Gasteiger partial charge is 0.396 e. The number of nitrogens with zero attached hydrogens (tertiary/aromatic N) is 1. The Kier molecular flexibility index (Phi) is 5.00. The van der Waals surface area contributed by atoms with Crippen LogP contribution in [0.15, 0.2) is 0 Å². The van der Waals surface area contributed by atoms with Gasteiger partial charge < -0.3 is 14.7 Å². The molecule has 2 aliphatic heterocycles. The second-order valence-electron chi connectivity index (χ2n) is 7.30. The average Bonchev–Trinajstić information content (AvgIpc) is 2.83. The fraction of sp³-hybridized carbons (Fsp3) is 1.00. The fourth-order valence-electron chi connectivity index (χ4n) is 4.61. The van der Waals surface area contributed by atoms with Crippen molar-refractivity contribution < 1.29 is 9.84 Å². The minimum absolute atomic E-state index is 0.267. The van der Waals surface area contributed by atoms with E-state index in [-0.39, 0.29) is 5.60 Å². The smallest absolute Gasteiger partial charge is 0.0710 e. The van der Waals surface area contributed by atoms with Crippen LogP contribution in [0.5, 0.6) is 0 Å². The zero-order chi connectivity index (χ0) is 13.8. The molecule has 1 N–H and O–H groups in total. The van der Waals surface area contributed by atoms with E-state index in [1.807, 2.05) is 0 Å². The predicted octanol–water partition coefficient (Wildman–Crippen LogP) is 2.96. The van der Waals surface area contributed by atoms with Gasteiger partial charge in [-0.05, 0) is 57.4 Å². The molecule has 3 heteroatoms. The second-order valence-corrected chi connectivity index (χ2v) is 7.30. The molecule has 3 rings (SSSR count). The van der Waals surface area contributed by atoms with E-state index >= 15 is 0 Å². The summed E-state index contributed by atoms with van der Waals surface area (Å²) in [5.41, 5.74) is 0.267. The maximum absolute atomic E-state index is 9.11. The lowest BCUT2D eigenvalue weighted by molar-refractivity contribution is -0.0743. The van der Waals surface area contributed by atoms with E-state index < -0.39 is 0 Å². The third-order valence-corrected chi connectivity index (χ3v) is 5.71. The molecule has 2 atom stereocenters. The molecule has 1 saturated carbocycles. The number of aliphatic hydroxyl groups excluding tert-OH is 1. The number of ether oxygens (including phenoxy) is 1. The van der Waals surface area contributed by atoms with Gasteiger partial charge in [0.05, 0.1) is 11.7 Å². The molecule has 2 heterocycles. The Morgan fingerprint density at radius 1 is 1.05 bits per heavy atom. The molecule has 3 nitrogen and oxygen atoms in total. The van der Waals surface area contributed by atoms with E-state index in [0.29, 0.717) is 18.6 Å². The number of hydrogen-bond acceptors (Lipinski definition) is 3. The number of aliphatic hydroxyl groups is 1. The van der Waals surface area contributed by atoms with E-state index in [2.05, 4.69) is 4.90 Å². The summed E-state index contributed by atoms with van der Waals surface area (Å²) < 4.78 is 6.50. The van der Waals surface area contributed by atoms with E-state index in [4.69, 9.17) is 9.84 Å². The molecule has 1 spiro atoms. The second kappa shape index (κ2) is 6.76. The first-order valence-corrected chi connectivity index (χ1v) is 8.81. The van der Waals surface area contributed by atoms with E-state index in [9.17, 15) is 0 Å². The normalized spacial score (nSPS) is 34.6. The van der Waals surface area contributed by atoms with Crippen molar-refractivity contribution in [2.75, 3.05) is 26.2 Å². The molecule has 0 aromatic heterocycles. The van der Waals surface area contributed by atoms with Crippen LogP contribution in [-0.2, 0) is 4.74 Å². The van der Waals surface area contributed by atoms with Gasteiger partial charge in [0.15, 0.2) is 0 Å². The SMILES string of the molecule is OCCC1CCCN(CC2CCC3(CCCCC3)O2)C1. The molecule has 0 radical (unpaired) electrons. The maximum Gasteiger partial charge on any atom is 0.0710 e. The van der Waals surface area contributed by atoms with Gasteiger partial charge in [-0.2, -0.15) is 0 Å². The van der Waals surface area contributed by atoms with Crippen molar-refractivity contribution in [3.63, 3.8) is 0 Å². The lowest BCUT2D eigenvalue weighted by Crippen LogP contribution is -2.41. The molecule has 3 aliphatic rings. The lowest BCUT2D eigenvalue weighted by Gasteiger charge is -2.36. The number of hydrogen-bond donors (Lipinski definition) is 1. The van der Waals surface area contributed by atoms with Gasteiger partial charge in [-0.15, -0.1) is 0 Å². The van der Waals surface area contributed by atoms with Gasteiger partial charge in [0.1, 0.15) is 0 Å². The summed E-state index contributed by atoms with van der Waals surface area (Å²) >= 11 is 0. The van der Waals surface area contributed by atoms with Gasteiger partial charge >= 0.3 is 0 Å². The van der Waals surface area contributed by atoms with Crippen molar-refractivity contribution in [2.24, 2.45) is 5.92 Å². The molecular weight excluding hydrogens is 250 g/mol. The van der Waals surface area contributed by atoms with Crippen LogP contribution >= 0.6 is 0 Å².